The summed E-state index contributed by atoms with van der Waals surface area (Å²) in [6.07, 6.45) is 5.92. The third-order valence-corrected chi connectivity index (χ3v) is 5.65. The SMILES string of the molecule is Cc1cc(-c2nc(C3CCN(C)CC3)[nH]c2-c2ccncc2)ccc1Cl. The van der Waals surface area contributed by atoms with E-state index in [9.17, 15) is 0 Å². The normalized spacial score (nSPS) is 16.1. The summed E-state index contributed by atoms with van der Waals surface area (Å²) >= 11 is 6.22. The zero-order valence-corrected chi connectivity index (χ0v) is 15.9. The van der Waals surface area contributed by atoms with Crippen LogP contribution in [-0.2, 0) is 0 Å². The second-order valence-corrected chi connectivity index (χ2v) is 7.53. The molecule has 4 rings (SSSR count). The van der Waals surface area contributed by atoms with Crippen molar-refractivity contribution in [3.63, 3.8) is 0 Å². The lowest BCUT2D eigenvalue weighted by Gasteiger charge is -2.27. The van der Waals surface area contributed by atoms with Gasteiger partial charge in [-0.1, -0.05) is 17.7 Å². The molecular weight excluding hydrogens is 344 g/mol. The highest BCUT2D eigenvalue weighted by molar-refractivity contribution is 6.31. The first kappa shape index (κ1) is 17.3. The first-order chi connectivity index (χ1) is 12.6. The molecule has 1 fully saturated rings. The van der Waals surface area contributed by atoms with E-state index >= 15 is 0 Å². The molecule has 0 radical (unpaired) electrons. The number of pyridine rings is 1. The minimum absolute atomic E-state index is 0.480. The van der Waals surface area contributed by atoms with Crippen LogP contribution in [0.3, 0.4) is 0 Å². The smallest absolute Gasteiger partial charge is 0.110 e. The number of halogens is 1. The largest absolute Gasteiger partial charge is 0.341 e. The second-order valence-electron chi connectivity index (χ2n) is 7.12. The van der Waals surface area contributed by atoms with Crippen LogP contribution in [0.2, 0.25) is 5.02 Å². The standard InChI is InChI=1S/C21H23ClN4/c1-14-13-17(3-4-18(14)22)20-19(15-5-9-23-10-6-15)24-21(25-20)16-7-11-26(2)12-8-16/h3-6,9-10,13,16H,7-8,11-12H2,1-2H3,(H,24,25). The second kappa shape index (κ2) is 7.22. The number of H-pyrrole nitrogens is 1. The van der Waals surface area contributed by atoms with Crippen LogP contribution in [-0.4, -0.2) is 40.0 Å². The van der Waals surface area contributed by atoms with Gasteiger partial charge in [0.05, 0.1) is 11.4 Å². The maximum atomic E-state index is 6.22. The van der Waals surface area contributed by atoms with Gasteiger partial charge >= 0.3 is 0 Å². The highest BCUT2D eigenvalue weighted by Gasteiger charge is 2.24. The van der Waals surface area contributed by atoms with Crippen LogP contribution in [0.5, 0.6) is 0 Å². The van der Waals surface area contributed by atoms with Crippen LogP contribution in [0.25, 0.3) is 22.5 Å². The molecule has 0 unspecified atom stereocenters. The van der Waals surface area contributed by atoms with Gasteiger partial charge in [-0.2, -0.15) is 0 Å². The number of aromatic nitrogens is 3. The fourth-order valence-corrected chi connectivity index (χ4v) is 3.71. The van der Waals surface area contributed by atoms with Gasteiger partial charge in [0.2, 0.25) is 0 Å². The Kier molecular flexibility index (Phi) is 4.79. The first-order valence-electron chi connectivity index (χ1n) is 9.07. The fourth-order valence-electron chi connectivity index (χ4n) is 3.60. The van der Waals surface area contributed by atoms with Gasteiger partial charge in [-0.3, -0.25) is 4.98 Å². The quantitative estimate of drug-likeness (QED) is 0.716. The van der Waals surface area contributed by atoms with Crippen molar-refractivity contribution >= 4 is 11.6 Å². The molecule has 3 aromatic rings. The van der Waals surface area contributed by atoms with E-state index in [2.05, 4.69) is 34.0 Å². The van der Waals surface area contributed by atoms with Crippen LogP contribution < -0.4 is 0 Å². The average molecular weight is 367 g/mol. The average Bonchev–Trinajstić information content (AvgIpc) is 3.11. The first-order valence-corrected chi connectivity index (χ1v) is 9.45. The molecular formula is C21H23ClN4. The van der Waals surface area contributed by atoms with Crippen LogP contribution >= 0.6 is 11.6 Å². The van der Waals surface area contributed by atoms with Crippen LogP contribution in [0.4, 0.5) is 0 Å². The number of likely N-dealkylation sites (tertiary alicyclic amines) is 1. The maximum Gasteiger partial charge on any atom is 0.110 e. The number of nitrogens with zero attached hydrogens (tertiary/aromatic N) is 3. The Bertz CT molecular complexity index is 896. The number of hydrogen-bond donors (Lipinski definition) is 1. The predicted molar refractivity (Wildman–Crippen MR) is 106 cm³/mol. The summed E-state index contributed by atoms with van der Waals surface area (Å²) in [4.78, 5) is 15.2. The summed E-state index contributed by atoms with van der Waals surface area (Å²) in [7, 11) is 2.18. The molecule has 5 heteroatoms. The fraction of sp³-hybridized carbons (Fsp3) is 0.333. The lowest BCUT2D eigenvalue weighted by atomic mass is 9.96. The summed E-state index contributed by atoms with van der Waals surface area (Å²) in [5, 5.41) is 0.783. The van der Waals surface area contributed by atoms with Crippen molar-refractivity contribution < 1.29 is 0 Å². The number of piperidine rings is 1. The van der Waals surface area contributed by atoms with E-state index in [-0.39, 0.29) is 0 Å². The molecule has 0 bridgehead atoms. The molecule has 4 nitrogen and oxygen atoms in total. The number of rotatable bonds is 3. The molecule has 1 aromatic carbocycles. The summed E-state index contributed by atoms with van der Waals surface area (Å²) in [5.41, 5.74) is 5.31. The zero-order chi connectivity index (χ0) is 18.1. The number of nitrogens with one attached hydrogen (secondary N) is 1. The minimum atomic E-state index is 0.480. The molecule has 0 saturated carbocycles. The Hall–Kier alpha value is -2.17. The van der Waals surface area contributed by atoms with Crippen molar-refractivity contribution in [1.29, 1.82) is 0 Å². The number of aryl methyl sites for hydroxylation is 1. The van der Waals surface area contributed by atoms with E-state index in [1.54, 1.807) is 0 Å². The van der Waals surface area contributed by atoms with E-state index in [0.29, 0.717) is 5.92 Å². The Balaban J connectivity index is 1.79. The van der Waals surface area contributed by atoms with Crippen molar-refractivity contribution in [3.8, 4) is 22.5 Å². The van der Waals surface area contributed by atoms with Crippen LogP contribution in [0, 0.1) is 6.92 Å². The minimum Gasteiger partial charge on any atom is -0.341 e. The van der Waals surface area contributed by atoms with E-state index < -0.39 is 0 Å². The number of imidazole rings is 1. The monoisotopic (exact) mass is 366 g/mol. The predicted octanol–water partition coefficient (Wildman–Crippen LogP) is 4.91. The van der Waals surface area contributed by atoms with Crippen LogP contribution in [0.1, 0.15) is 30.1 Å². The Morgan fingerprint density at radius 3 is 2.50 bits per heavy atom. The van der Waals surface area contributed by atoms with Gasteiger partial charge in [-0.05, 0) is 69.7 Å². The molecule has 134 valence electrons. The van der Waals surface area contributed by atoms with Gasteiger partial charge in [-0.15, -0.1) is 0 Å². The molecule has 26 heavy (non-hydrogen) atoms. The van der Waals surface area contributed by atoms with E-state index in [4.69, 9.17) is 16.6 Å². The third-order valence-electron chi connectivity index (χ3n) is 5.23. The number of aromatic amines is 1. The summed E-state index contributed by atoms with van der Waals surface area (Å²) in [5.74, 6) is 1.57. The molecule has 0 aliphatic carbocycles. The highest BCUT2D eigenvalue weighted by Crippen LogP contribution is 2.35. The molecule has 2 aromatic heterocycles. The van der Waals surface area contributed by atoms with Gasteiger partial charge in [-0.25, -0.2) is 4.98 Å². The Morgan fingerprint density at radius 1 is 1.08 bits per heavy atom. The third kappa shape index (κ3) is 3.39. The zero-order valence-electron chi connectivity index (χ0n) is 15.2. The summed E-state index contributed by atoms with van der Waals surface area (Å²) < 4.78 is 0. The van der Waals surface area contributed by atoms with E-state index in [1.165, 1.54) is 0 Å². The molecule has 0 amide bonds. The maximum absolute atomic E-state index is 6.22. The molecule has 1 saturated heterocycles. The van der Waals surface area contributed by atoms with E-state index in [1.807, 2.05) is 37.5 Å². The molecule has 1 aliphatic rings. The lowest BCUT2D eigenvalue weighted by molar-refractivity contribution is 0.251. The van der Waals surface area contributed by atoms with E-state index in [0.717, 1.165) is 64.9 Å². The topological polar surface area (TPSA) is 44.8 Å². The Morgan fingerprint density at radius 2 is 1.81 bits per heavy atom. The molecule has 0 spiro atoms. The molecule has 0 atom stereocenters. The van der Waals surface area contributed by atoms with Gasteiger partial charge in [0.1, 0.15) is 5.82 Å². The number of benzene rings is 1. The molecule has 3 heterocycles. The van der Waals surface area contributed by atoms with Gasteiger partial charge in [0.15, 0.2) is 0 Å². The number of hydrogen-bond acceptors (Lipinski definition) is 3. The van der Waals surface area contributed by atoms with Crippen molar-refractivity contribution in [2.24, 2.45) is 0 Å². The molecule has 1 aliphatic heterocycles. The van der Waals surface area contributed by atoms with Crippen molar-refractivity contribution in [2.45, 2.75) is 25.7 Å². The van der Waals surface area contributed by atoms with Gasteiger partial charge < -0.3 is 9.88 Å². The lowest BCUT2D eigenvalue weighted by Crippen LogP contribution is -2.29. The van der Waals surface area contributed by atoms with Gasteiger partial charge in [0, 0.05) is 34.5 Å². The van der Waals surface area contributed by atoms with Crippen molar-refractivity contribution in [1.82, 2.24) is 19.9 Å². The summed E-state index contributed by atoms with van der Waals surface area (Å²) in [6.45, 7) is 4.26. The van der Waals surface area contributed by atoms with Crippen molar-refractivity contribution in [3.05, 3.63) is 59.1 Å². The highest BCUT2D eigenvalue weighted by atomic mass is 35.5. The summed E-state index contributed by atoms with van der Waals surface area (Å²) in [6, 6.07) is 10.2. The van der Waals surface area contributed by atoms with Crippen molar-refractivity contribution in [2.75, 3.05) is 20.1 Å². The van der Waals surface area contributed by atoms with Crippen LogP contribution in [0.15, 0.2) is 42.7 Å². The molecule has 1 N–H and O–H groups in total. The van der Waals surface area contributed by atoms with Gasteiger partial charge in [0.25, 0.3) is 0 Å². The Labute approximate surface area is 159 Å².